The Bertz CT molecular complexity index is 1010. The lowest BCUT2D eigenvalue weighted by Gasteiger charge is -2.31. The second-order valence-corrected chi connectivity index (χ2v) is 9.69. The van der Waals surface area contributed by atoms with Crippen molar-refractivity contribution in [2.45, 2.75) is 31.9 Å². The number of rotatable bonds is 4. The minimum absolute atomic E-state index is 0.249. The molecule has 2 fully saturated rings. The van der Waals surface area contributed by atoms with Gasteiger partial charge in [-0.1, -0.05) is 0 Å². The van der Waals surface area contributed by atoms with Gasteiger partial charge >= 0.3 is 24.3 Å². The second-order valence-electron chi connectivity index (χ2n) is 8.71. The standard InChI is InChI=1S/C17H25N5OS.2C2HF3O2/c1-20-6-3-18-15(20)10-21-5-2-17(12-21)13-22(7-8-23-14-17)11-16-19-4-9-24-16;2*3-2(4,5)1(6)7/h3-4,6,9H,2,5,7-8,10-14H2,1H3;2*(H,6,7). The van der Waals surface area contributed by atoms with Gasteiger partial charge in [0.25, 0.3) is 0 Å². The topological polar surface area (TPSA) is 121 Å². The molecule has 2 aliphatic heterocycles. The average Bonchev–Trinajstić information content (AvgIpc) is 3.51. The van der Waals surface area contributed by atoms with Gasteiger partial charge in [-0.2, -0.15) is 26.3 Å². The second kappa shape index (κ2) is 13.3. The molecule has 0 bridgehead atoms. The van der Waals surface area contributed by atoms with E-state index < -0.39 is 24.3 Å². The van der Waals surface area contributed by atoms with Gasteiger partial charge in [0.05, 0.1) is 26.3 Å². The van der Waals surface area contributed by atoms with Crippen LogP contribution in [0.3, 0.4) is 0 Å². The van der Waals surface area contributed by atoms with Crippen LogP contribution >= 0.6 is 11.3 Å². The fraction of sp³-hybridized carbons (Fsp3) is 0.619. The molecule has 0 saturated carbocycles. The van der Waals surface area contributed by atoms with Crippen LogP contribution in [-0.4, -0.2) is 98.2 Å². The van der Waals surface area contributed by atoms with Crippen molar-refractivity contribution in [3.63, 3.8) is 0 Å². The summed E-state index contributed by atoms with van der Waals surface area (Å²) in [6.07, 6.45) is -3.17. The Morgan fingerprint density at radius 2 is 1.58 bits per heavy atom. The van der Waals surface area contributed by atoms with E-state index >= 15 is 0 Å². The van der Waals surface area contributed by atoms with E-state index in [9.17, 15) is 26.3 Å². The zero-order chi connectivity index (χ0) is 28.6. The number of nitrogens with zero attached hydrogens (tertiary/aromatic N) is 5. The number of carboxylic acids is 2. The summed E-state index contributed by atoms with van der Waals surface area (Å²) in [7, 11) is 2.07. The molecule has 2 aromatic rings. The first kappa shape index (κ1) is 31.5. The number of likely N-dealkylation sites (tertiary alicyclic amines) is 1. The fourth-order valence-corrected chi connectivity index (χ4v) is 4.55. The number of aromatic nitrogens is 3. The lowest BCUT2D eigenvalue weighted by atomic mass is 9.87. The molecule has 4 rings (SSSR count). The summed E-state index contributed by atoms with van der Waals surface area (Å²) in [6, 6.07) is 0. The molecule has 214 valence electrons. The summed E-state index contributed by atoms with van der Waals surface area (Å²) in [6.45, 7) is 7.89. The molecular formula is C21H27F6N5O5S. The smallest absolute Gasteiger partial charge is 0.475 e. The number of halogens is 6. The highest BCUT2D eigenvalue weighted by Crippen LogP contribution is 2.34. The highest BCUT2D eigenvalue weighted by Gasteiger charge is 2.41. The summed E-state index contributed by atoms with van der Waals surface area (Å²) in [5, 5.41) is 17.5. The largest absolute Gasteiger partial charge is 0.490 e. The number of ether oxygens (including phenoxy) is 1. The van der Waals surface area contributed by atoms with Crippen LogP contribution in [0, 0.1) is 5.41 Å². The predicted octanol–water partition coefficient (Wildman–Crippen LogP) is 2.87. The van der Waals surface area contributed by atoms with Gasteiger partial charge in [0.15, 0.2) is 0 Å². The molecule has 1 atom stereocenters. The Morgan fingerprint density at radius 3 is 2.05 bits per heavy atom. The average molecular weight is 576 g/mol. The van der Waals surface area contributed by atoms with Crippen LogP contribution in [0.2, 0.25) is 0 Å². The van der Waals surface area contributed by atoms with Crippen LogP contribution in [-0.2, 0) is 34.5 Å². The van der Waals surface area contributed by atoms with E-state index in [1.807, 2.05) is 18.6 Å². The first-order valence-corrected chi connectivity index (χ1v) is 12.0. The molecule has 10 nitrogen and oxygen atoms in total. The fourth-order valence-electron chi connectivity index (χ4n) is 3.90. The molecule has 2 aliphatic rings. The molecule has 0 aromatic carbocycles. The van der Waals surface area contributed by atoms with E-state index in [1.165, 1.54) is 11.4 Å². The molecule has 38 heavy (non-hydrogen) atoms. The Labute approximate surface area is 217 Å². The van der Waals surface area contributed by atoms with Crippen molar-refractivity contribution in [3.05, 3.63) is 34.8 Å². The molecule has 4 heterocycles. The molecule has 2 saturated heterocycles. The SMILES string of the molecule is Cn1ccnc1CN1CCC2(COCCN(Cc3nccs3)C2)C1.O=C(O)C(F)(F)F.O=C(O)C(F)(F)F. The van der Waals surface area contributed by atoms with Gasteiger partial charge < -0.3 is 19.5 Å². The third-order valence-corrected chi connectivity index (χ3v) is 6.41. The third-order valence-electron chi connectivity index (χ3n) is 5.65. The van der Waals surface area contributed by atoms with Gasteiger partial charge in [-0.15, -0.1) is 11.3 Å². The predicted molar refractivity (Wildman–Crippen MR) is 121 cm³/mol. The van der Waals surface area contributed by atoms with Crippen molar-refractivity contribution in [2.75, 3.05) is 39.4 Å². The summed E-state index contributed by atoms with van der Waals surface area (Å²) >= 11 is 1.74. The van der Waals surface area contributed by atoms with Crippen molar-refractivity contribution in [1.29, 1.82) is 0 Å². The van der Waals surface area contributed by atoms with Crippen LogP contribution < -0.4 is 0 Å². The first-order valence-electron chi connectivity index (χ1n) is 11.1. The van der Waals surface area contributed by atoms with E-state index in [-0.39, 0.29) is 5.41 Å². The molecule has 0 radical (unpaired) electrons. The molecule has 1 unspecified atom stereocenters. The van der Waals surface area contributed by atoms with E-state index in [4.69, 9.17) is 24.5 Å². The minimum atomic E-state index is -5.08. The van der Waals surface area contributed by atoms with Crippen molar-refractivity contribution in [1.82, 2.24) is 24.3 Å². The highest BCUT2D eigenvalue weighted by atomic mass is 32.1. The number of imidazole rings is 1. The number of hydrogen-bond donors (Lipinski definition) is 2. The Morgan fingerprint density at radius 1 is 1.00 bits per heavy atom. The molecule has 0 aliphatic carbocycles. The number of aryl methyl sites for hydroxylation is 1. The zero-order valence-corrected chi connectivity index (χ0v) is 21.0. The van der Waals surface area contributed by atoms with Crippen LogP contribution in [0.25, 0.3) is 0 Å². The maximum Gasteiger partial charge on any atom is 0.490 e. The van der Waals surface area contributed by atoms with Gasteiger partial charge in [-0.3, -0.25) is 9.80 Å². The number of hydrogen-bond acceptors (Lipinski definition) is 8. The highest BCUT2D eigenvalue weighted by molar-refractivity contribution is 7.09. The van der Waals surface area contributed by atoms with Crippen LogP contribution in [0.4, 0.5) is 26.3 Å². The van der Waals surface area contributed by atoms with E-state index in [2.05, 4.69) is 36.8 Å². The monoisotopic (exact) mass is 575 g/mol. The summed E-state index contributed by atoms with van der Waals surface area (Å²) in [4.78, 5) is 31.8. The molecule has 2 aromatic heterocycles. The van der Waals surface area contributed by atoms with Gasteiger partial charge in [-0.25, -0.2) is 19.6 Å². The quantitative estimate of drug-likeness (QED) is 0.531. The number of aliphatic carboxylic acids is 2. The zero-order valence-electron chi connectivity index (χ0n) is 20.2. The molecular weight excluding hydrogens is 548 g/mol. The third kappa shape index (κ3) is 10.2. The van der Waals surface area contributed by atoms with E-state index in [0.29, 0.717) is 0 Å². The maximum atomic E-state index is 10.6. The Hall–Kier alpha value is -2.76. The van der Waals surface area contributed by atoms with Gasteiger partial charge in [0.2, 0.25) is 0 Å². The molecule has 0 amide bonds. The van der Waals surface area contributed by atoms with E-state index in [0.717, 1.165) is 58.3 Å². The lowest BCUT2D eigenvalue weighted by Crippen LogP contribution is -2.40. The van der Waals surface area contributed by atoms with Crippen LogP contribution in [0.15, 0.2) is 24.0 Å². The van der Waals surface area contributed by atoms with Crippen molar-refractivity contribution >= 4 is 23.3 Å². The Balaban J connectivity index is 0.000000301. The van der Waals surface area contributed by atoms with Crippen LogP contribution in [0.5, 0.6) is 0 Å². The summed E-state index contributed by atoms with van der Waals surface area (Å²) in [5.41, 5.74) is 0.249. The number of thiazole rings is 1. The van der Waals surface area contributed by atoms with Crippen molar-refractivity contribution in [2.24, 2.45) is 12.5 Å². The van der Waals surface area contributed by atoms with Crippen molar-refractivity contribution < 1.29 is 50.9 Å². The van der Waals surface area contributed by atoms with Crippen LogP contribution in [0.1, 0.15) is 17.3 Å². The molecule has 2 N–H and O–H groups in total. The number of carboxylic acid groups (broad SMARTS) is 2. The maximum absolute atomic E-state index is 10.6. The molecule has 17 heteroatoms. The summed E-state index contributed by atoms with van der Waals surface area (Å²) in [5.74, 6) is -4.37. The lowest BCUT2D eigenvalue weighted by molar-refractivity contribution is -0.193. The Kier molecular flexibility index (Phi) is 11.0. The van der Waals surface area contributed by atoms with Gasteiger partial charge in [-0.05, 0) is 13.0 Å². The first-order chi connectivity index (χ1) is 17.6. The van der Waals surface area contributed by atoms with E-state index in [1.54, 1.807) is 11.3 Å². The number of alkyl halides is 6. The summed E-state index contributed by atoms with van der Waals surface area (Å²) < 4.78 is 71.6. The molecule has 1 spiro atoms. The normalized spacial score (nSPS) is 20.7. The number of carbonyl (C=O) groups is 2. The van der Waals surface area contributed by atoms with Gasteiger partial charge in [0.1, 0.15) is 10.8 Å². The van der Waals surface area contributed by atoms with Gasteiger partial charge in [0, 0.05) is 56.1 Å². The minimum Gasteiger partial charge on any atom is -0.475 e. The van der Waals surface area contributed by atoms with Crippen molar-refractivity contribution in [3.8, 4) is 0 Å².